The van der Waals surface area contributed by atoms with Crippen molar-refractivity contribution in [3.05, 3.63) is 46.4 Å². The zero-order chi connectivity index (χ0) is 16.2. The maximum Gasteiger partial charge on any atom is 0.255 e. The van der Waals surface area contributed by atoms with Crippen molar-refractivity contribution in [1.29, 1.82) is 0 Å². The number of rotatable bonds is 4. The quantitative estimate of drug-likeness (QED) is 0.761. The van der Waals surface area contributed by atoms with Gasteiger partial charge in [-0.05, 0) is 30.4 Å². The standard InChI is InChI=1S/C18H22N2OS2/c1-13-7-14(2)9-20(8-13)18(21)16-5-3-4-6-17(16)23-11-15-10-22-12-19-15/h3-6,10,12-14H,7-9,11H2,1-2H3. The zero-order valence-electron chi connectivity index (χ0n) is 13.6. The minimum atomic E-state index is 0.171. The van der Waals surface area contributed by atoms with E-state index in [2.05, 4.69) is 24.2 Å². The highest BCUT2D eigenvalue weighted by atomic mass is 32.2. The van der Waals surface area contributed by atoms with Gasteiger partial charge in [-0.25, -0.2) is 4.98 Å². The van der Waals surface area contributed by atoms with Crippen LogP contribution in [0.4, 0.5) is 0 Å². The van der Waals surface area contributed by atoms with Crippen LogP contribution in [-0.4, -0.2) is 28.9 Å². The Morgan fingerprint density at radius 2 is 2.04 bits per heavy atom. The Morgan fingerprint density at radius 1 is 1.30 bits per heavy atom. The Bertz CT molecular complexity index is 647. The maximum absolute atomic E-state index is 13.0. The Kier molecular flexibility index (Phi) is 5.38. The molecule has 1 aliphatic heterocycles. The summed E-state index contributed by atoms with van der Waals surface area (Å²) >= 11 is 3.30. The number of amides is 1. The van der Waals surface area contributed by atoms with E-state index in [0.29, 0.717) is 11.8 Å². The number of thioether (sulfide) groups is 1. The summed E-state index contributed by atoms with van der Waals surface area (Å²) in [5.74, 6) is 2.14. The first-order valence-corrected chi connectivity index (χ1v) is 9.94. The number of piperidine rings is 1. The van der Waals surface area contributed by atoms with E-state index in [1.165, 1.54) is 6.42 Å². The first-order valence-electron chi connectivity index (χ1n) is 8.01. The van der Waals surface area contributed by atoms with Gasteiger partial charge in [0.15, 0.2) is 0 Å². The van der Waals surface area contributed by atoms with Crippen LogP contribution in [0.1, 0.15) is 36.3 Å². The lowest BCUT2D eigenvalue weighted by molar-refractivity contribution is 0.0619. The van der Waals surface area contributed by atoms with Gasteiger partial charge < -0.3 is 4.90 Å². The highest BCUT2D eigenvalue weighted by Gasteiger charge is 2.27. The molecule has 1 amide bonds. The molecule has 1 aromatic carbocycles. The van der Waals surface area contributed by atoms with Crippen molar-refractivity contribution in [2.75, 3.05) is 13.1 Å². The van der Waals surface area contributed by atoms with Gasteiger partial charge in [-0.1, -0.05) is 26.0 Å². The number of likely N-dealkylation sites (tertiary alicyclic amines) is 1. The lowest BCUT2D eigenvalue weighted by Crippen LogP contribution is -2.42. The van der Waals surface area contributed by atoms with Gasteiger partial charge in [-0.15, -0.1) is 23.1 Å². The highest BCUT2D eigenvalue weighted by molar-refractivity contribution is 7.98. The number of hydrogen-bond donors (Lipinski definition) is 0. The molecule has 5 heteroatoms. The van der Waals surface area contributed by atoms with Gasteiger partial charge in [0.25, 0.3) is 5.91 Å². The molecule has 1 aromatic heterocycles. The van der Waals surface area contributed by atoms with E-state index in [9.17, 15) is 4.79 Å². The summed E-state index contributed by atoms with van der Waals surface area (Å²) in [6, 6.07) is 7.95. The third-order valence-corrected chi connectivity index (χ3v) is 5.87. The molecule has 1 aliphatic rings. The molecule has 2 aromatic rings. The molecule has 2 unspecified atom stereocenters. The average molecular weight is 347 g/mol. The minimum absolute atomic E-state index is 0.171. The fourth-order valence-corrected chi connectivity index (χ4v) is 4.84. The van der Waals surface area contributed by atoms with Crippen LogP contribution in [0.3, 0.4) is 0 Å². The van der Waals surface area contributed by atoms with E-state index in [1.54, 1.807) is 23.1 Å². The lowest BCUT2D eigenvalue weighted by Gasteiger charge is -2.35. The summed E-state index contributed by atoms with van der Waals surface area (Å²) in [4.78, 5) is 20.4. The van der Waals surface area contributed by atoms with E-state index in [0.717, 1.165) is 35.0 Å². The number of carbonyl (C=O) groups excluding carboxylic acids is 1. The predicted molar refractivity (Wildman–Crippen MR) is 97.0 cm³/mol. The summed E-state index contributed by atoms with van der Waals surface area (Å²) in [5, 5.41) is 2.06. The second kappa shape index (κ2) is 7.49. The van der Waals surface area contributed by atoms with Crippen molar-refractivity contribution in [2.24, 2.45) is 11.8 Å². The molecule has 23 heavy (non-hydrogen) atoms. The number of carbonyl (C=O) groups is 1. The number of nitrogens with zero attached hydrogens (tertiary/aromatic N) is 2. The van der Waals surface area contributed by atoms with Gasteiger partial charge in [0.1, 0.15) is 0 Å². The third kappa shape index (κ3) is 4.15. The Labute approximate surface area is 146 Å². The molecule has 2 heterocycles. The molecule has 0 saturated carbocycles. The number of hydrogen-bond acceptors (Lipinski definition) is 4. The maximum atomic E-state index is 13.0. The van der Waals surface area contributed by atoms with Gasteiger partial charge >= 0.3 is 0 Å². The number of benzene rings is 1. The molecule has 0 bridgehead atoms. The van der Waals surface area contributed by atoms with Crippen LogP contribution in [0.5, 0.6) is 0 Å². The van der Waals surface area contributed by atoms with Crippen LogP contribution in [0.2, 0.25) is 0 Å². The molecule has 3 nitrogen and oxygen atoms in total. The molecule has 0 aliphatic carbocycles. The smallest absolute Gasteiger partial charge is 0.255 e. The topological polar surface area (TPSA) is 33.2 Å². The molecule has 0 radical (unpaired) electrons. The van der Waals surface area contributed by atoms with Gasteiger partial charge in [0.2, 0.25) is 0 Å². The number of thiazole rings is 1. The summed E-state index contributed by atoms with van der Waals surface area (Å²) in [6.07, 6.45) is 1.21. The van der Waals surface area contributed by atoms with E-state index >= 15 is 0 Å². The Hall–Kier alpha value is -1.33. The van der Waals surface area contributed by atoms with Crippen molar-refractivity contribution in [3.8, 4) is 0 Å². The lowest BCUT2D eigenvalue weighted by atomic mass is 9.91. The summed E-state index contributed by atoms with van der Waals surface area (Å²) in [6.45, 7) is 6.21. The van der Waals surface area contributed by atoms with Crippen molar-refractivity contribution >= 4 is 29.0 Å². The number of aromatic nitrogens is 1. The van der Waals surface area contributed by atoms with Gasteiger partial charge in [0, 0.05) is 29.1 Å². The van der Waals surface area contributed by atoms with E-state index < -0.39 is 0 Å². The van der Waals surface area contributed by atoms with Crippen LogP contribution >= 0.6 is 23.1 Å². The molecular formula is C18H22N2OS2. The normalized spacial score (nSPS) is 21.4. The van der Waals surface area contributed by atoms with Crippen LogP contribution in [-0.2, 0) is 5.75 Å². The molecule has 3 rings (SSSR count). The van der Waals surface area contributed by atoms with Crippen LogP contribution in [0.25, 0.3) is 0 Å². The summed E-state index contributed by atoms with van der Waals surface area (Å²) in [7, 11) is 0. The van der Waals surface area contributed by atoms with E-state index in [4.69, 9.17) is 0 Å². The average Bonchev–Trinajstić information content (AvgIpc) is 3.05. The second-order valence-corrected chi connectivity index (χ2v) is 8.16. The van der Waals surface area contributed by atoms with E-state index in [-0.39, 0.29) is 5.91 Å². The highest BCUT2D eigenvalue weighted by Crippen LogP contribution is 2.29. The van der Waals surface area contributed by atoms with Crippen LogP contribution in [0.15, 0.2) is 40.1 Å². The molecule has 0 N–H and O–H groups in total. The third-order valence-electron chi connectivity index (χ3n) is 4.13. The van der Waals surface area contributed by atoms with Crippen molar-refractivity contribution < 1.29 is 4.79 Å². The predicted octanol–water partition coefficient (Wildman–Crippen LogP) is 4.55. The van der Waals surface area contributed by atoms with Gasteiger partial charge in [-0.2, -0.15) is 0 Å². The van der Waals surface area contributed by atoms with Gasteiger partial charge in [0.05, 0.1) is 16.8 Å². The second-order valence-electron chi connectivity index (χ2n) is 6.42. The van der Waals surface area contributed by atoms with Crippen molar-refractivity contribution in [2.45, 2.75) is 30.9 Å². The molecule has 1 fully saturated rings. The zero-order valence-corrected chi connectivity index (χ0v) is 15.2. The molecule has 1 saturated heterocycles. The van der Waals surface area contributed by atoms with Crippen molar-refractivity contribution in [1.82, 2.24) is 9.88 Å². The van der Waals surface area contributed by atoms with Crippen molar-refractivity contribution in [3.63, 3.8) is 0 Å². The largest absolute Gasteiger partial charge is 0.338 e. The minimum Gasteiger partial charge on any atom is -0.338 e. The monoisotopic (exact) mass is 346 g/mol. The Balaban J connectivity index is 1.75. The molecule has 122 valence electrons. The van der Waals surface area contributed by atoms with Gasteiger partial charge in [-0.3, -0.25) is 4.79 Å². The first kappa shape index (κ1) is 16.5. The summed E-state index contributed by atoms with van der Waals surface area (Å²) in [5.41, 5.74) is 3.75. The molecule has 2 atom stereocenters. The molecular weight excluding hydrogens is 324 g/mol. The SMILES string of the molecule is CC1CC(C)CN(C(=O)c2ccccc2SCc2cscn2)C1. The first-order chi connectivity index (χ1) is 11.1. The Morgan fingerprint density at radius 3 is 2.74 bits per heavy atom. The van der Waals surface area contributed by atoms with E-state index in [1.807, 2.05) is 34.7 Å². The van der Waals surface area contributed by atoms with Crippen LogP contribution in [0, 0.1) is 11.8 Å². The van der Waals surface area contributed by atoms with Crippen LogP contribution < -0.4 is 0 Å². The fraction of sp³-hybridized carbons (Fsp3) is 0.444. The summed E-state index contributed by atoms with van der Waals surface area (Å²) < 4.78 is 0. The fourth-order valence-electron chi connectivity index (χ4n) is 3.23. The molecule has 0 spiro atoms.